The predicted molar refractivity (Wildman–Crippen MR) is 148 cm³/mol. The van der Waals surface area contributed by atoms with Crippen LogP contribution in [0, 0.1) is 0 Å². The zero-order valence-corrected chi connectivity index (χ0v) is 23.6. The Hall–Kier alpha value is -3.40. The lowest BCUT2D eigenvalue weighted by Gasteiger charge is -2.34. The van der Waals surface area contributed by atoms with E-state index in [-0.39, 0.29) is 24.6 Å². The minimum absolute atomic E-state index is 0.0309. The third-order valence-corrected chi connectivity index (χ3v) is 7.06. The monoisotopic (exact) mass is 539 g/mol. The van der Waals surface area contributed by atoms with Crippen molar-refractivity contribution in [1.29, 1.82) is 0 Å². The maximum absolute atomic E-state index is 13.3. The van der Waals surface area contributed by atoms with Crippen LogP contribution in [0.3, 0.4) is 0 Å². The average Bonchev–Trinajstić information content (AvgIpc) is 3.57. The van der Waals surface area contributed by atoms with Crippen molar-refractivity contribution in [3.63, 3.8) is 0 Å². The van der Waals surface area contributed by atoms with Crippen molar-refractivity contribution < 1.29 is 23.9 Å². The topological polar surface area (TPSA) is 120 Å². The Labute approximate surface area is 230 Å². The van der Waals surface area contributed by atoms with Crippen LogP contribution < -0.4 is 5.73 Å². The molecular weight excluding hydrogens is 498 g/mol. The van der Waals surface area contributed by atoms with Gasteiger partial charge in [0.15, 0.2) is 5.69 Å². The smallest absolute Gasteiger partial charge is 0.410 e. The van der Waals surface area contributed by atoms with Crippen LogP contribution in [0.15, 0.2) is 24.3 Å². The summed E-state index contributed by atoms with van der Waals surface area (Å²) in [7, 11) is 0. The lowest BCUT2D eigenvalue weighted by Crippen LogP contribution is -2.44. The van der Waals surface area contributed by atoms with Gasteiger partial charge >= 0.3 is 12.1 Å². The molecule has 0 radical (unpaired) electrons. The van der Waals surface area contributed by atoms with Gasteiger partial charge in [-0.1, -0.05) is 12.1 Å². The third-order valence-electron chi connectivity index (χ3n) is 7.06. The standard InChI is InChI=1S/C29H41N5O5/c1-5-38-27(36)25-23(14-15-30)24(20-10-12-21(13-11-20)26(35)32-16-6-7-17-32)31-34(25)22-9-8-18-33(19-22)28(37)39-29(2,3)4/h10-13,22H,5-9,14-19,30H2,1-4H3. The molecule has 2 aromatic rings. The molecule has 0 bridgehead atoms. The fourth-order valence-corrected chi connectivity index (χ4v) is 5.28. The summed E-state index contributed by atoms with van der Waals surface area (Å²) in [5, 5.41) is 4.93. The molecule has 3 heterocycles. The minimum atomic E-state index is -0.602. The summed E-state index contributed by atoms with van der Waals surface area (Å²) in [5.74, 6) is -0.432. The Morgan fingerprint density at radius 3 is 2.31 bits per heavy atom. The number of nitrogens with two attached hydrogens (primary N) is 1. The van der Waals surface area contributed by atoms with E-state index in [9.17, 15) is 14.4 Å². The summed E-state index contributed by atoms with van der Waals surface area (Å²) in [5.41, 5.74) is 8.52. The fraction of sp³-hybridized carbons (Fsp3) is 0.586. The molecule has 0 aliphatic carbocycles. The maximum atomic E-state index is 13.3. The molecule has 0 saturated carbocycles. The molecule has 39 heavy (non-hydrogen) atoms. The number of amides is 2. The summed E-state index contributed by atoms with van der Waals surface area (Å²) < 4.78 is 12.8. The molecule has 4 rings (SSSR count). The Morgan fingerprint density at radius 2 is 1.69 bits per heavy atom. The van der Waals surface area contributed by atoms with E-state index in [0.29, 0.717) is 48.6 Å². The van der Waals surface area contributed by atoms with Gasteiger partial charge in [0.05, 0.1) is 18.3 Å². The van der Waals surface area contributed by atoms with Crippen LogP contribution in [-0.4, -0.2) is 82.5 Å². The van der Waals surface area contributed by atoms with Gasteiger partial charge in [-0.3, -0.25) is 9.48 Å². The highest BCUT2D eigenvalue weighted by Gasteiger charge is 2.34. The second-order valence-electron chi connectivity index (χ2n) is 11.2. The van der Waals surface area contributed by atoms with Gasteiger partial charge in [0.1, 0.15) is 5.60 Å². The van der Waals surface area contributed by atoms with Gasteiger partial charge in [-0.2, -0.15) is 5.10 Å². The van der Waals surface area contributed by atoms with Crippen molar-refractivity contribution in [1.82, 2.24) is 19.6 Å². The number of likely N-dealkylation sites (tertiary alicyclic amines) is 2. The van der Waals surface area contributed by atoms with E-state index in [0.717, 1.165) is 44.3 Å². The van der Waals surface area contributed by atoms with Gasteiger partial charge in [-0.15, -0.1) is 0 Å². The molecule has 2 aliphatic rings. The number of esters is 1. The van der Waals surface area contributed by atoms with Crippen molar-refractivity contribution in [2.75, 3.05) is 39.3 Å². The SMILES string of the molecule is CCOC(=O)c1c(CCN)c(-c2ccc(C(=O)N3CCCC3)cc2)nn1C1CCCN(C(=O)OC(C)(C)C)C1. The molecule has 2 saturated heterocycles. The Morgan fingerprint density at radius 1 is 1.03 bits per heavy atom. The van der Waals surface area contributed by atoms with Gasteiger partial charge in [0.25, 0.3) is 5.91 Å². The fourth-order valence-electron chi connectivity index (χ4n) is 5.28. The molecule has 1 aromatic heterocycles. The summed E-state index contributed by atoms with van der Waals surface area (Å²) >= 11 is 0. The number of carbonyl (C=O) groups excluding carboxylic acids is 3. The second kappa shape index (κ2) is 12.2. The second-order valence-corrected chi connectivity index (χ2v) is 11.2. The molecular formula is C29H41N5O5. The van der Waals surface area contributed by atoms with Crippen LogP contribution in [0.4, 0.5) is 4.79 Å². The zero-order chi connectivity index (χ0) is 28.2. The highest BCUT2D eigenvalue weighted by atomic mass is 16.6. The number of ether oxygens (including phenoxy) is 2. The van der Waals surface area contributed by atoms with E-state index in [1.165, 1.54) is 0 Å². The highest BCUT2D eigenvalue weighted by Crippen LogP contribution is 2.32. The van der Waals surface area contributed by atoms with E-state index in [1.54, 1.807) is 16.5 Å². The molecule has 2 aliphatic heterocycles. The summed E-state index contributed by atoms with van der Waals surface area (Å²) in [6.45, 7) is 10.4. The van der Waals surface area contributed by atoms with Crippen molar-refractivity contribution in [2.24, 2.45) is 5.73 Å². The first-order valence-corrected chi connectivity index (χ1v) is 14.0. The zero-order valence-electron chi connectivity index (χ0n) is 23.6. The van der Waals surface area contributed by atoms with E-state index < -0.39 is 11.6 Å². The molecule has 2 amide bonds. The number of nitrogens with zero attached hydrogens (tertiary/aromatic N) is 4. The predicted octanol–water partition coefficient (Wildman–Crippen LogP) is 4.04. The van der Waals surface area contributed by atoms with Crippen molar-refractivity contribution >= 4 is 18.0 Å². The number of rotatable bonds is 7. The van der Waals surface area contributed by atoms with Crippen LogP contribution in [0.1, 0.15) is 85.8 Å². The maximum Gasteiger partial charge on any atom is 0.410 e. The van der Waals surface area contributed by atoms with E-state index in [4.69, 9.17) is 20.3 Å². The van der Waals surface area contributed by atoms with E-state index >= 15 is 0 Å². The van der Waals surface area contributed by atoms with Gasteiger partial charge in [0.2, 0.25) is 0 Å². The van der Waals surface area contributed by atoms with Gasteiger partial charge in [-0.05, 0) is 78.5 Å². The molecule has 2 fully saturated rings. The van der Waals surface area contributed by atoms with Crippen LogP contribution in [0.25, 0.3) is 11.3 Å². The van der Waals surface area contributed by atoms with Gasteiger partial charge in [-0.25, -0.2) is 9.59 Å². The number of benzene rings is 1. The minimum Gasteiger partial charge on any atom is -0.461 e. The normalized spacial score (nSPS) is 17.8. The van der Waals surface area contributed by atoms with Crippen LogP contribution >= 0.6 is 0 Å². The first-order chi connectivity index (χ1) is 18.6. The lowest BCUT2D eigenvalue weighted by molar-refractivity contribution is 0.0165. The van der Waals surface area contributed by atoms with Gasteiger partial charge in [0, 0.05) is 42.9 Å². The van der Waals surface area contributed by atoms with E-state index in [1.807, 2.05) is 49.9 Å². The van der Waals surface area contributed by atoms with Crippen LogP contribution in [0.2, 0.25) is 0 Å². The van der Waals surface area contributed by atoms with E-state index in [2.05, 4.69) is 0 Å². The molecule has 212 valence electrons. The quantitative estimate of drug-likeness (QED) is 0.527. The number of carbonyl (C=O) groups is 3. The largest absolute Gasteiger partial charge is 0.461 e. The number of hydrogen-bond donors (Lipinski definition) is 1. The van der Waals surface area contributed by atoms with Crippen LogP contribution in [-0.2, 0) is 15.9 Å². The highest BCUT2D eigenvalue weighted by molar-refractivity contribution is 5.95. The molecule has 10 nitrogen and oxygen atoms in total. The van der Waals surface area contributed by atoms with Crippen molar-refractivity contribution in [2.45, 2.75) is 71.4 Å². The molecule has 10 heteroatoms. The first kappa shape index (κ1) is 28.6. The molecule has 2 N–H and O–H groups in total. The molecule has 0 spiro atoms. The van der Waals surface area contributed by atoms with Gasteiger partial charge < -0.3 is 25.0 Å². The third kappa shape index (κ3) is 6.61. The van der Waals surface area contributed by atoms with Crippen molar-refractivity contribution in [3.05, 3.63) is 41.1 Å². The molecule has 1 atom stereocenters. The Bertz CT molecular complexity index is 1180. The number of hydrogen-bond acceptors (Lipinski definition) is 7. The van der Waals surface area contributed by atoms with Crippen LogP contribution in [0.5, 0.6) is 0 Å². The Kier molecular flexibility index (Phi) is 8.94. The van der Waals surface area contributed by atoms with Crippen molar-refractivity contribution in [3.8, 4) is 11.3 Å². The number of piperidine rings is 1. The average molecular weight is 540 g/mol. The molecule has 1 unspecified atom stereocenters. The lowest BCUT2D eigenvalue weighted by atomic mass is 10.0. The summed E-state index contributed by atoms with van der Waals surface area (Å²) in [6.07, 6.45) is 3.62. The summed E-state index contributed by atoms with van der Waals surface area (Å²) in [6, 6.07) is 7.15. The first-order valence-electron chi connectivity index (χ1n) is 14.0. The summed E-state index contributed by atoms with van der Waals surface area (Å²) in [4.78, 5) is 42.5. The number of aromatic nitrogens is 2. The Balaban J connectivity index is 1.69. The molecule has 1 aromatic carbocycles.